The van der Waals surface area contributed by atoms with Crippen molar-refractivity contribution >= 4 is 45.6 Å². The van der Waals surface area contributed by atoms with E-state index < -0.39 is 23.6 Å². The molecule has 0 radical (unpaired) electrons. The Morgan fingerprint density at radius 1 is 1.11 bits per heavy atom. The lowest BCUT2D eigenvalue weighted by Gasteiger charge is -2.41. The molecule has 2 saturated heterocycles. The standard InChI is InChI=1S/C39H50N10O4S/c1-22(24-10-12-25(13-11-24)34-23(2)41-21-54-34)42-37(52)31-18-27(50)20-48(31)38(53)35(39(3,4)5)45-47-16-14-26(15-17-47)49-30-19-29(28-8-6-7-9-32(28)51)43-44-33(30)36(40)46-49/h7,9-13,19,21-22,26-27,31,35,45,50-51H,6,8,14-18,20H2,1-5H3,(H2,40,46)(H,42,52)/t22-,27+,31-,35+/m0/s1. The molecule has 1 aliphatic carbocycles. The molecular weight excluding hydrogens is 705 g/mol. The van der Waals surface area contributed by atoms with Gasteiger partial charge in [0.05, 0.1) is 45.5 Å². The minimum atomic E-state index is -0.797. The normalized spacial score (nSPS) is 21.2. The van der Waals surface area contributed by atoms with Gasteiger partial charge in [-0.1, -0.05) is 51.1 Å². The van der Waals surface area contributed by atoms with Gasteiger partial charge in [0, 0.05) is 31.6 Å². The third-order valence-corrected chi connectivity index (χ3v) is 11.8. The van der Waals surface area contributed by atoms with E-state index in [0.29, 0.717) is 36.5 Å². The maximum Gasteiger partial charge on any atom is 0.243 e. The van der Waals surface area contributed by atoms with E-state index in [2.05, 4.69) is 36.0 Å². The zero-order valence-corrected chi connectivity index (χ0v) is 32.3. The maximum atomic E-state index is 14.4. The Morgan fingerprint density at radius 2 is 1.85 bits per heavy atom. The van der Waals surface area contributed by atoms with Crippen LogP contribution in [0.25, 0.3) is 27.0 Å². The average molecular weight is 755 g/mol. The van der Waals surface area contributed by atoms with Gasteiger partial charge < -0.3 is 26.2 Å². The molecule has 2 amide bonds. The van der Waals surface area contributed by atoms with E-state index in [4.69, 9.17) is 5.73 Å². The van der Waals surface area contributed by atoms with Crippen LogP contribution in [0.2, 0.25) is 0 Å². The number of rotatable bonds is 9. The number of amides is 2. The van der Waals surface area contributed by atoms with E-state index in [1.54, 1.807) is 22.3 Å². The number of carbonyl (C=O) groups excluding carboxylic acids is 2. The van der Waals surface area contributed by atoms with Gasteiger partial charge in [-0.05, 0) is 68.2 Å². The van der Waals surface area contributed by atoms with Crippen molar-refractivity contribution in [3.8, 4) is 10.4 Å². The lowest BCUT2D eigenvalue weighted by Crippen LogP contribution is -2.61. The Balaban J connectivity index is 1.01. The lowest BCUT2D eigenvalue weighted by molar-refractivity contribution is -0.144. The predicted molar refractivity (Wildman–Crippen MR) is 209 cm³/mol. The molecule has 54 heavy (non-hydrogen) atoms. The fourth-order valence-electron chi connectivity index (χ4n) is 7.70. The highest BCUT2D eigenvalue weighted by molar-refractivity contribution is 7.13. The fourth-order valence-corrected chi connectivity index (χ4v) is 8.51. The number of carbonyl (C=O) groups is 2. The number of aliphatic hydroxyl groups is 2. The van der Waals surface area contributed by atoms with Gasteiger partial charge in [0.1, 0.15) is 17.8 Å². The summed E-state index contributed by atoms with van der Waals surface area (Å²) in [6, 6.07) is 8.30. The van der Waals surface area contributed by atoms with Gasteiger partial charge in [0.2, 0.25) is 11.8 Å². The number of piperidine rings is 1. The van der Waals surface area contributed by atoms with Crippen molar-refractivity contribution < 1.29 is 19.8 Å². The number of hydrogen-bond donors (Lipinski definition) is 5. The highest BCUT2D eigenvalue weighted by atomic mass is 32.1. The van der Waals surface area contributed by atoms with Crippen LogP contribution >= 0.6 is 11.3 Å². The molecule has 2 aliphatic heterocycles. The number of allylic oxidation sites excluding steroid dienone is 3. The van der Waals surface area contributed by atoms with E-state index >= 15 is 0 Å². The van der Waals surface area contributed by atoms with Gasteiger partial charge in [-0.3, -0.25) is 14.3 Å². The summed E-state index contributed by atoms with van der Waals surface area (Å²) in [6.45, 7) is 11.3. The molecular formula is C39H50N10O4S. The van der Waals surface area contributed by atoms with Crippen molar-refractivity contribution in [2.45, 2.75) is 97.0 Å². The van der Waals surface area contributed by atoms with E-state index in [1.807, 2.05) is 81.2 Å². The number of nitrogen functional groups attached to an aromatic ring is 1. The van der Waals surface area contributed by atoms with Crippen molar-refractivity contribution in [1.29, 1.82) is 0 Å². The summed E-state index contributed by atoms with van der Waals surface area (Å²) in [6.07, 6.45) is 5.98. The number of thiazole rings is 1. The molecule has 4 aromatic rings. The summed E-state index contributed by atoms with van der Waals surface area (Å²) in [5.41, 5.74) is 16.8. The monoisotopic (exact) mass is 754 g/mol. The summed E-state index contributed by atoms with van der Waals surface area (Å²) in [5.74, 6) is 0.00870. The summed E-state index contributed by atoms with van der Waals surface area (Å²) < 4.78 is 1.93. The summed E-state index contributed by atoms with van der Waals surface area (Å²) >= 11 is 1.60. The Hall–Kier alpha value is -4.70. The summed E-state index contributed by atoms with van der Waals surface area (Å²) in [7, 11) is 0. The molecule has 0 bridgehead atoms. The second kappa shape index (κ2) is 15.2. The minimum absolute atomic E-state index is 0.0364. The molecule has 3 aromatic heterocycles. The van der Waals surface area contributed by atoms with E-state index in [0.717, 1.165) is 52.1 Å². The number of aryl methyl sites for hydroxylation is 1. The molecule has 0 unspecified atom stereocenters. The van der Waals surface area contributed by atoms with Crippen LogP contribution in [-0.4, -0.2) is 94.7 Å². The van der Waals surface area contributed by atoms with Gasteiger partial charge in [0.15, 0.2) is 11.3 Å². The minimum Gasteiger partial charge on any atom is -0.508 e. The number of β-amino-alcohol motifs (C(OH)–C–C–N with tert-alkyl or cyclic N) is 1. The Bertz CT molecular complexity index is 2080. The number of fused-ring (bicyclic) bond motifs is 1. The molecule has 15 heteroatoms. The third kappa shape index (κ3) is 7.63. The first-order valence-corrected chi connectivity index (χ1v) is 19.6. The molecule has 3 aliphatic rings. The summed E-state index contributed by atoms with van der Waals surface area (Å²) in [5, 5.41) is 39.7. The molecule has 14 nitrogen and oxygen atoms in total. The smallest absolute Gasteiger partial charge is 0.243 e. The number of nitrogens with one attached hydrogen (secondary N) is 2. The lowest BCUT2D eigenvalue weighted by atomic mass is 9.86. The van der Waals surface area contributed by atoms with Crippen molar-refractivity contribution in [2.75, 3.05) is 25.4 Å². The molecule has 286 valence electrons. The number of benzene rings is 1. The maximum absolute atomic E-state index is 14.4. The Kier molecular flexibility index (Phi) is 10.6. The highest BCUT2D eigenvalue weighted by Gasteiger charge is 2.45. The molecule has 6 N–H and O–H groups in total. The fraction of sp³-hybridized carbons (Fsp3) is 0.487. The molecule has 4 atom stereocenters. The molecule has 7 rings (SSSR count). The molecule has 0 saturated carbocycles. The number of nitrogens with two attached hydrogens (primary N) is 1. The summed E-state index contributed by atoms with van der Waals surface area (Å²) in [4.78, 5) is 35.1. The van der Waals surface area contributed by atoms with Crippen LogP contribution < -0.4 is 16.5 Å². The quantitative estimate of drug-likeness (QED) is 0.157. The van der Waals surface area contributed by atoms with E-state index in [9.17, 15) is 19.8 Å². The largest absolute Gasteiger partial charge is 0.508 e. The number of aromatic nitrogens is 5. The Labute approximate surface area is 319 Å². The second-order valence-electron chi connectivity index (χ2n) is 15.8. The Morgan fingerprint density at radius 3 is 2.52 bits per heavy atom. The van der Waals surface area contributed by atoms with E-state index in [-0.39, 0.29) is 42.6 Å². The zero-order valence-electron chi connectivity index (χ0n) is 31.5. The van der Waals surface area contributed by atoms with Crippen molar-refractivity contribution in [2.24, 2.45) is 5.41 Å². The van der Waals surface area contributed by atoms with Crippen LogP contribution in [0.4, 0.5) is 5.82 Å². The van der Waals surface area contributed by atoms with Gasteiger partial charge in [-0.2, -0.15) is 5.10 Å². The first-order chi connectivity index (χ1) is 25.8. The van der Waals surface area contributed by atoms with Crippen LogP contribution in [0.3, 0.4) is 0 Å². The second-order valence-corrected chi connectivity index (χ2v) is 16.6. The SMILES string of the molecule is Cc1ncsc1-c1ccc([C@H](C)NC(=O)[C@@H]2C[C@@H](O)CN2C(=O)[C@@H](NN2CCC(n3nc(N)c4nnc(C5=C(O)C=CCC5)cc43)CC2)C(C)(C)C)cc1. The van der Waals surface area contributed by atoms with E-state index in [1.165, 1.54) is 0 Å². The number of hydrogen-bond acceptors (Lipinski definition) is 12. The topological polar surface area (TPSA) is 188 Å². The van der Waals surface area contributed by atoms with Gasteiger partial charge >= 0.3 is 0 Å². The zero-order chi connectivity index (χ0) is 38.3. The number of hydrazine groups is 1. The van der Waals surface area contributed by atoms with Crippen LogP contribution in [-0.2, 0) is 9.59 Å². The predicted octanol–water partition coefficient (Wildman–Crippen LogP) is 4.85. The number of nitrogens with zero attached hydrogens (tertiary/aromatic N) is 7. The van der Waals surface area contributed by atoms with Gasteiger partial charge in [-0.25, -0.2) is 15.4 Å². The third-order valence-electron chi connectivity index (χ3n) is 10.8. The highest BCUT2D eigenvalue weighted by Crippen LogP contribution is 2.33. The van der Waals surface area contributed by atoms with Crippen molar-refractivity contribution in [1.82, 2.24) is 45.6 Å². The first kappa shape index (κ1) is 37.6. The first-order valence-electron chi connectivity index (χ1n) is 18.7. The van der Waals surface area contributed by atoms with Crippen LogP contribution in [0.5, 0.6) is 0 Å². The molecule has 2 fully saturated rings. The van der Waals surface area contributed by atoms with Crippen molar-refractivity contribution in [3.63, 3.8) is 0 Å². The van der Waals surface area contributed by atoms with Crippen molar-refractivity contribution in [3.05, 3.63) is 70.7 Å². The molecule has 5 heterocycles. The number of aliphatic hydroxyl groups excluding tert-OH is 2. The van der Waals surface area contributed by atoms with Gasteiger partial charge in [-0.15, -0.1) is 21.5 Å². The van der Waals surface area contributed by atoms with Crippen LogP contribution in [0.15, 0.2) is 53.8 Å². The average Bonchev–Trinajstić information content (AvgIpc) is 3.86. The molecule has 0 spiro atoms. The van der Waals surface area contributed by atoms with Crippen LogP contribution in [0.1, 0.15) is 88.8 Å². The van der Waals surface area contributed by atoms with Crippen LogP contribution in [0, 0.1) is 12.3 Å². The van der Waals surface area contributed by atoms with Gasteiger partial charge in [0.25, 0.3) is 0 Å². The molecule has 1 aromatic carbocycles. The number of likely N-dealkylation sites (tertiary alicyclic amines) is 1. The number of anilines is 1.